The molecule has 1 saturated heterocycles. The molecule has 1 aromatic carbocycles. The summed E-state index contributed by atoms with van der Waals surface area (Å²) in [6.45, 7) is 0.748. The fourth-order valence-electron chi connectivity index (χ4n) is 2.11. The maximum Gasteiger partial charge on any atom is 0.169 e. The largest absolute Gasteiger partial charge is 0.634 e. The molecule has 0 spiro atoms. The van der Waals surface area contributed by atoms with Crippen LogP contribution in [0.2, 0.25) is 0 Å². The predicted molar refractivity (Wildman–Crippen MR) is 57.5 cm³/mol. The van der Waals surface area contributed by atoms with Gasteiger partial charge in [-0.25, -0.2) is 8.78 Å². The summed E-state index contributed by atoms with van der Waals surface area (Å²) >= 11 is 0. The molecule has 1 fully saturated rings. The molecule has 92 valence electrons. The summed E-state index contributed by atoms with van der Waals surface area (Å²) in [4.78, 5) is 12.0. The Kier molecular flexibility index (Phi) is 3.49. The van der Waals surface area contributed by atoms with Crippen molar-refractivity contribution in [2.45, 2.75) is 12.8 Å². The summed E-state index contributed by atoms with van der Waals surface area (Å²) in [5.74, 6) is -2.16. The zero-order valence-electron chi connectivity index (χ0n) is 9.21. The number of nitrogens with one attached hydrogen (secondary N) is 1. The van der Waals surface area contributed by atoms with E-state index in [-0.39, 0.29) is 22.3 Å². The molecule has 1 heterocycles. The number of piperidine rings is 1. The number of rotatable bonds is 2. The number of hydroxylamine groups is 2. The lowest BCUT2D eigenvalue weighted by atomic mass is 9.89. The summed E-state index contributed by atoms with van der Waals surface area (Å²) < 4.78 is 26.1. The number of hydrogen-bond acceptors (Lipinski definition) is 2. The van der Waals surface area contributed by atoms with E-state index in [1.165, 1.54) is 6.07 Å². The molecule has 1 aliphatic rings. The highest BCUT2D eigenvalue weighted by atomic mass is 19.1. The van der Waals surface area contributed by atoms with Crippen molar-refractivity contribution < 1.29 is 18.6 Å². The molecule has 5 heteroatoms. The van der Waals surface area contributed by atoms with Crippen LogP contribution in [-0.4, -0.2) is 18.9 Å². The number of ketones is 1. The maximum atomic E-state index is 13.4. The smallest absolute Gasteiger partial charge is 0.169 e. The van der Waals surface area contributed by atoms with Gasteiger partial charge in [-0.3, -0.25) is 4.79 Å². The highest BCUT2D eigenvalue weighted by molar-refractivity contribution is 5.98. The molecule has 0 unspecified atom stereocenters. The number of carbonyl (C=O) groups is 1. The second-order valence-electron chi connectivity index (χ2n) is 4.30. The fourth-order valence-corrected chi connectivity index (χ4v) is 2.11. The van der Waals surface area contributed by atoms with Crippen LogP contribution >= 0.6 is 0 Å². The van der Waals surface area contributed by atoms with E-state index in [1.54, 1.807) is 0 Å². The summed E-state index contributed by atoms with van der Waals surface area (Å²) in [5, 5.41) is 11.2. The summed E-state index contributed by atoms with van der Waals surface area (Å²) in [6.07, 6.45) is 0.933. The third kappa shape index (κ3) is 2.68. The topological polar surface area (TPSA) is 44.6 Å². The first kappa shape index (κ1) is 12.1. The van der Waals surface area contributed by atoms with Crippen molar-refractivity contribution in [2.24, 2.45) is 5.92 Å². The highest BCUT2D eigenvalue weighted by Crippen LogP contribution is 2.19. The van der Waals surface area contributed by atoms with Gasteiger partial charge >= 0.3 is 0 Å². The van der Waals surface area contributed by atoms with Crippen molar-refractivity contribution in [1.29, 1.82) is 0 Å². The number of carbonyl (C=O) groups excluding carboxylic acids is 1. The third-order valence-corrected chi connectivity index (χ3v) is 3.11. The van der Waals surface area contributed by atoms with Gasteiger partial charge in [-0.2, -0.15) is 0 Å². The standard InChI is InChI=1S/C12H13F2NO2/c13-9-1-2-10(11(14)7-9)12(16)8-3-5-15(17)6-4-8/h1-2,7-8,15H,3-6H2. The molecular weight excluding hydrogens is 228 g/mol. The number of Topliss-reactive ketones (excluding diaryl/α,β-unsaturated/α-hetero) is 1. The monoisotopic (exact) mass is 241 g/mol. The van der Waals surface area contributed by atoms with Crippen molar-refractivity contribution in [1.82, 2.24) is 0 Å². The SMILES string of the molecule is O=C(c1ccc(F)cc1F)C1CC[NH+]([O-])CC1. The van der Waals surface area contributed by atoms with Crippen LogP contribution in [0.4, 0.5) is 8.78 Å². The second-order valence-corrected chi connectivity index (χ2v) is 4.30. The van der Waals surface area contributed by atoms with Crippen LogP contribution in [0.5, 0.6) is 0 Å². The molecule has 1 N–H and O–H groups in total. The lowest BCUT2D eigenvalue weighted by molar-refractivity contribution is -0.854. The molecular formula is C12H13F2NO2. The average molecular weight is 241 g/mol. The molecule has 2 rings (SSSR count). The van der Waals surface area contributed by atoms with Gasteiger partial charge in [-0.05, 0) is 12.1 Å². The van der Waals surface area contributed by atoms with Crippen LogP contribution in [0.15, 0.2) is 18.2 Å². The minimum atomic E-state index is -0.827. The van der Waals surface area contributed by atoms with Crippen molar-refractivity contribution in [2.75, 3.05) is 13.1 Å². The van der Waals surface area contributed by atoms with Gasteiger partial charge in [0.05, 0.1) is 18.7 Å². The van der Waals surface area contributed by atoms with E-state index in [2.05, 4.69) is 0 Å². The summed E-state index contributed by atoms with van der Waals surface area (Å²) in [5.41, 5.74) is -0.0780. The average Bonchev–Trinajstić information content (AvgIpc) is 2.29. The maximum absolute atomic E-state index is 13.4. The van der Waals surface area contributed by atoms with Crippen molar-refractivity contribution in [3.8, 4) is 0 Å². The second kappa shape index (κ2) is 4.89. The molecule has 3 nitrogen and oxygen atoms in total. The van der Waals surface area contributed by atoms with E-state index in [4.69, 9.17) is 0 Å². The third-order valence-electron chi connectivity index (χ3n) is 3.11. The van der Waals surface area contributed by atoms with E-state index in [0.717, 1.165) is 6.07 Å². The lowest BCUT2D eigenvalue weighted by Gasteiger charge is -2.30. The van der Waals surface area contributed by atoms with Gasteiger partial charge in [-0.15, -0.1) is 0 Å². The molecule has 0 bridgehead atoms. The fraction of sp³-hybridized carbons (Fsp3) is 0.417. The molecule has 1 aliphatic heterocycles. The van der Waals surface area contributed by atoms with E-state index >= 15 is 0 Å². The number of halogens is 2. The minimum absolute atomic E-state index is 0.0780. The van der Waals surface area contributed by atoms with Crippen molar-refractivity contribution in [3.63, 3.8) is 0 Å². The predicted octanol–water partition coefficient (Wildman–Crippen LogP) is 0.940. The lowest BCUT2D eigenvalue weighted by Crippen LogP contribution is -3.08. The Morgan fingerprint density at radius 3 is 2.53 bits per heavy atom. The summed E-state index contributed by atoms with van der Waals surface area (Å²) in [6, 6.07) is 2.95. The number of hydrogen-bond donors (Lipinski definition) is 1. The Labute approximate surface area is 97.6 Å². The molecule has 0 saturated carbocycles. The molecule has 0 aromatic heterocycles. The molecule has 0 aliphatic carbocycles. The molecule has 1 aromatic rings. The Hall–Kier alpha value is -1.33. The zero-order valence-corrected chi connectivity index (χ0v) is 9.21. The van der Waals surface area contributed by atoms with E-state index in [9.17, 15) is 18.8 Å². The Morgan fingerprint density at radius 1 is 1.29 bits per heavy atom. The first-order valence-electron chi connectivity index (χ1n) is 5.59. The van der Waals surface area contributed by atoms with Crippen LogP contribution in [0.25, 0.3) is 0 Å². The Morgan fingerprint density at radius 2 is 1.94 bits per heavy atom. The summed E-state index contributed by atoms with van der Waals surface area (Å²) in [7, 11) is 0. The van der Waals surface area contributed by atoms with Crippen LogP contribution in [0.1, 0.15) is 23.2 Å². The Balaban J connectivity index is 2.14. The number of quaternary nitrogens is 1. The van der Waals surface area contributed by atoms with E-state index in [0.29, 0.717) is 32.0 Å². The van der Waals surface area contributed by atoms with E-state index < -0.39 is 11.6 Å². The van der Waals surface area contributed by atoms with Crippen LogP contribution < -0.4 is 5.06 Å². The highest BCUT2D eigenvalue weighted by Gasteiger charge is 2.27. The molecule has 0 radical (unpaired) electrons. The van der Waals surface area contributed by atoms with Gasteiger partial charge < -0.3 is 10.3 Å². The van der Waals surface area contributed by atoms with Gasteiger partial charge in [0.25, 0.3) is 0 Å². The van der Waals surface area contributed by atoms with Crippen molar-refractivity contribution >= 4 is 5.78 Å². The molecule has 0 atom stereocenters. The van der Waals surface area contributed by atoms with Gasteiger partial charge in [0.2, 0.25) is 0 Å². The quantitative estimate of drug-likeness (QED) is 0.618. The van der Waals surface area contributed by atoms with Crippen LogP contribution in [0.3, 0.4) is 0 Å². The molecule has 17 heavy (non-hydrogen) atoms. The first-order chi connectivity index (χ1) is 8.08. The van der Waals surface area contributed by atoms with Crippen LogP contribution in [0, 0.1) is 22.8 Å². The number of benzene rings is 1. The normalized spacial score (nSPS) is 24.6. The molecule has 0 amide bonds. The Bertz CT molecular complexity index is 429. The van der Waals surface area contributed by atoms with Crippen LogP contribution in [-0.2, 0) is 0 Å². The minimum Gasteiger partial charge on any atom is -0.634 e. The zero-order chi connectivity index (χ0) is 12.4. The van der Waals surface area contributed by atoms with E-state index in [1.807, 2.05) is 0 Å². The van der Waals surface area contributed by atoms with Gasteiger partial charge in [0, 0.05) is 24.8 Å². The van der Waals surface area contributed by atoms with Gasteiger partial charge in [0.1, 0.15) is 11.6 Å². The van der Waals surface area contributed by atoms with Gasteiger partial charge in [-0.1, -0.05) is 0 Å². The first-order valence-corrected chi connectivity index (χ1v) is 5.59. The van der Waals surface area contributed by atoms with Crippen molar-refractivity contribution in [3.05, 3.63) is 40.6 Å². The van der Waals surface area contributed by atoms with Gasteiger partial charge in [0.15, 0.2) is 5.78 Å².